The molecule has 0 spiro atoms. The van der Waals surface area contributed by atoms with E-state index in [1.54, 1.807) is 30.5 Å². The topological polar surface area (TPSA) is 82.8 Å². The first kappa shape index (κ1) is 21.0. The van der Waals surface area contributed by atoms with Crippen molar-refractivity contribution in [2.24, 2.45) is 10.2 Å². The summed E-state index contributed by atoms with van der Waals surface area (Å²) in [6.07, 6.45) is -2.85. The molecule has 4 aromatic rings. The molecule has 0 aliphatic carbocycles. The van der Waals surface area contributed by atoms with Crippen LogP contribution in [0.3, 0.4) is 0 Å². The van der Waals surface area contributed by atoms with Crippen molar-refractivity contribution in [3.63, 3.8) is 0 Å². The monoisotopic (exact) mass is 435 g/mol. The number of nitrogens with zero attached hydrogens (tertiary/aromatic N) is 4. The Kier molecular flexibility index (Phi) is 5.80. The first-order valence-corrected chi connectivity index (χ1v) is 9.46. The molecule has 0 bridgehead atoms. The zero-order chi connectivity index (χ0) is 22.6. The summed E-state index contributed by atoms with van der Waals surface area (Å²) in [5.74, 6) is 0.367. The first-order valence-electron chi connectivity index (χ1n) is 9.46. The van der Waals surface area contributed by atoms with Crippen molar-refractivity contribution in [1.29, 1.82) is 0 Å². The maximum atomic E-state index is 12.7. The Morgan fingerprint density at radius 1 is 0.812 bits per heavy atom. The molecule has 4 rings (SSSR count). The molecule has 0 amide bonds. The van der Waals surface area contributed by atoms with Crippen LogP contribution in [0.5, 0.6) is 5.75 Å². The number of azo groups is 1. The summed E-state index contributed by atoms with van der Waals surface area (Å²) in [6.45, 7) is 0. The van der Waals surface area contributed by atoms with E-state index in [0.29, 0.717) is 28.3 Å². The number of aromatic nitrogens is 2. The number of phenols is 1. The molecular weight excluding hydrogens is 419 g/mol. The summed E-state index contributed by atoms with van der Waals surface area (Å²) >= 11 is 0. The number of rotatable bonds is 5. The highest BCUT2D eigenvalue weighted by atomic mass is 19.4. The van der Waals surface area contributed by atoms with E-state index < -0.39 is 11.7 Å². The second-order valence-corrected chi connectivity index (χ2v) is 6.70. The van der Waals surface area contributed by atoms with E-state index in [1.807, 2.05) is 18.2 Å². The van der Waals surface area contributed by atoms with E-state index in [2.05, 4.69) is 25.5 Å². The van der Waals surface area contributed by atoms with Crippen LogP contribution in [0, 0.1) is 0 Å². The molecule has 32 heavy (non-hydrogen) atoms. The molecule has 9 heteroatoms. The second-order valence-electron chi connectivity index (χ2n) is 6.70. The van der Waals surface area contributed by atoms with Gasteiger partial charge in [-0.3, -0.25) is 0 Å². The maximum absolute atomic E-state index is 12.7. The van der Waals surface area contributed by atoms with E-state index in [0.717, 1.165) is 12.1 Å². The molecule has 6 nitrogen and oxygen atoms in total. The van der Waals surface area contributed by atoms with E-state index in [4.69, 9.17) is 0 Å². The van der Waals surface area contributed by atoms with Crippen molar-refractivity contribution in [2.45, 2.75) is 6.18 Å². The van der Waals surface area contributed by atoms with Crippen molar-refractivity contribution in [3.05, 3.63) is 90.6 Å². The van der Waals surface area contributed by atoms with E-state index >= 15 is 0 Å². The predicted molar refractivity (Wildman–Crippen MR) is 114 cm³/mol. The molecule has 0 fully saturated rings. The lowest BCUT2D eigenvalue weighted by Gasteiger charge is -2.10. The van der Waals surface area contributed by atoms with Crippen LogP contribution < -0.4 is 5.32 Å². The van der Waals surface area contributed by atoms with Gasteiger partial charge < -0.3 is 10.4 Å². The fraction of sp³-hybridized carbons (Fsp3) is 0.0435. The summed E-state index contributed by atoms with van der Waals surface area (Å²) in [6, 6.07) is 19.9. The third kappa shape index (κ3) is 5.07. The molecule has 0 aliphatic heterocycles. The van der Waals surface area contributed by atoms with Gasteiger partial charge in [0.25, 0.3) is 0 Å². The number of nitrogens with one attached hydrogen (secondary N) is 1. The molecule has 1 heterocycles. The van der Waals surface area contributed by atoms with Gasteiger partial charge in [0, 0.05) is 17.4 Å². The highest BCUT2D eigenvalue weighted by Gasteiger charge is 2.29. The SMILES string of the molecule is Oc1ccc(N=Nc2ccccc2-c2ccnc(Nc3ccc(C(F)(F)F)cc3)n2)cc1. The Labute approximate surface area is 181 Å². The third-order valence-corrected chi connectivity index (χ3v) is 4.43. The molecule has 3 aromatic carbocycles. The molecule has 0 saturated carbocycles. The number of benzene rings is 3. The summed E-state index contributed by atoms with van der Waals surface area (Å²) in [5, 5.41) is 20.8. The zero-order valence-electron chi connectivity index (χ0n) is 16.5. The fourth-order valence-electron chi connectivity index (χ4n) is 2.85. The van der Waals surface area contributed by atoms with E-state index in [1.165, 1.54) is 24.3 Å². The van der Waals surface area contributed by atoms with Crippen molar-refractivity contribution in [2.75, 3.05) is 5.32 Å². The quantitative estimate of drug-likeness (QED) is 0.330. The Bertz CT molecular complexity index is 1240. The molecule has 0 radical (unpaired) electrons. The number of hydrogen-bond acceptors (Lipinski definition) is 6. The van der Waals surface area contributed by atoms with Gasteiger partial charge >= 0.3 is 6.18 Å². The Hall–Kier alpha value is -4.27. The van der Waals surface area contributed by atoms with Gasteiger partial charge in [0.15, 0.2) is 0 Å². The van der Waals surface area contributed by atoms with E-state index in [-0.39, 0.29) is 11.7 Å². The molecule has 0 unspecified atom stereocenters. The van der Waals surface area contributed by atoms with Gasteiger partial charge in [-0.05, 0) is 60.7 Å². The van der Waals surface area contributed by atoms with Gasteiger partial charge in [-0.2, -0.15) is 18.3 Å². The van der Waals surface area contributed by atoms with Crippen LogP contribution >= 0.6 is 0 Å². The molecular formula is C23H16F3N5O. The van der Waals surface area contributed by atoms with Crippen LogP contribution in [0.4, 0.5) is 36.2 Å². The lowest BCUT2D eigenvalue weighted by molar-refractivity contribution is -0.137. The number of hydrogen-bond donors (Lipinski definition) is 2. The minimum Gasteiger partial charge on any atom is -0.508 e. The van der Waals surface area contributed by atoms with Crippen LogP contribution in [0.25, 0.3) is 11.3 Å². The standard InChI is InChI=1S/C23H16F3N5O/c24-23(25,26)15-5-7-16(8-6-15)28-22-27-14-13-20(29-22)19-3-1-2-4-21(19)31-30-17-9-11-18(32)12-10-17/h1-14,32H,(H,27,28,29). The number of aromatic hydroxyl groups is 1. The number of halogens is 3. The fourth-order valence-corrected chi connectivity index (χ4v) is 2.85. The van der Waals surface area contributed by atoms with Crippen molar-refractivity contribution < 1.29 is 18.3 Å². The normalized spacial score (nSPS) is 11.6. The van der Waals surface area contributed by atoms with Crippen molar-refractivity contribution in [3.8, 4) is 17.0 Å². The molecule has 160 valence electrons. The van der Waals surface area contributed by atoms with Crippen molar-refractivity contribution >= 4 is 23.0 Å². The second kappa shape index (κ2) is 8.84. The van der Waals surface area contributed by atoms with Gasteiger partial charge in [-0.15, -0.1) is 5.11 Å². The van der Waals surface area contributed by atoms with E-state index in [9.17, 15) is 18.3 Å². The molecule has 2 N–H and O–H groups in total. The maximum Gasteiger partial charge on any atom is 0.416 e. The van der Waals surface area contributed by atoms with Crippen LogP contribution in [0.1, 0.15) is 5.56 Å². The summed E-state index contributed by atoms with van der Waals surface area (Å²) in [5.41, 5.74) is 2.10. The Balaban J connectivity index is 1.58. The van der Waals surface area contributed by atoms with Crippen LogP contribution in [0.2, 0.25) is 0 Å². The molecule has 1 aromatic heterocycles. The van der Waals surface area contributed by atoms with Gasteiger partial charge in [0.2, 0.25) is 5.95 Å². The number of anilines is 2. The number of phenolic OH excluding ortho intramolecular Hbond substituents is 1. The van der Waals surface area contributed by atoms with Gasteiger partial charge in [0.05, 0.1) is 22.6 Å². The largest absolute Gasteiger partial charge is 0.508 e. The molecule has 0 atom stereocenters. The third-order valence-electron chi connectivity index (χ3n) is 4.43. The molecule has 0 saturated heterocycles. The average molecular weight is 435 g/mol. The Morgan fingerprint density at radius 3 is 2.25 bits per heavy atom. The highest BCUT2D eigenvalue weighted by Crippen LogP contribution is 2.32. The average Bonchev–Trinajstić information content (AvgIpc) is 2.79. The predicted octanol–water partition coefficient (Wildman–Crippen LogP) is 7.03. The smallest absolute Gasteiger partial charge is 0.416 e. The lowest BCUT2D eigenvalue weighted by atomic mass is 10.1. The lowest BCUT2D eigenvalue weighted by Crippen LogP contribution is -2.04. The van der Waals surface area contributed by atoms with Gasteiger partial charge in [-0.25, -0.2) is 9.97 Å². The first-order chi connectivity index (χ1) is 15.4. The Morgan fingerprint density at radius 2 is 1.53 bits per heavy atom. The zero-order valence-corrected chi connectivity index (χ0v) is 16.5. The minimum absolute atomic E-state index is 0.137. The minimum atomic E-state index is -4.40. The number of alkyl halides is 3. The van der Waals surface area contributed by atoms with Crippen LogP contribution in [-0.2, 0) is 6.18 Å². The van der Waals surface area contributed by atoms with Gasteiger partial charge in [-0.1, -0.05) is 18.2 Å². The van der Waals surface area contributed by atoms with Crippen LogP contribution in [0.15, 0.2) is 95.3 Å². The van der Waals surface area contributed by atoms with Crippen LogP contribution in [-0.4, -0.2) is 15.1 Å². The summed E-state index contributed by atoms with van der Waals surface area (Å²) in [7, 11) is 0. The summed E-state index contributed by atoms with van der Waals surface area (Å²) in [4.78, 5) is 8.60. The van der Waals surface area contributed by atoms with Gasteiger partial charge in [0.1, 0.15) is 5.75 Å². The molecule has 0 aliphatic rings. The highest BCUT2D eigenvalue weighted by molar-refractivity contribution is 5.73. The van der Waals surface area contributed by atoms with Crippen molar-refractivity contribution in [1.82, 2.24) is 9.97 Å². The summed E-state index contributed by atoms with van der Waals surface area (Å²) < 4.78 is 38.2.